The Morgan fingerprint density at radius 3 is 0.586 bits per heavy atom. The normalized spacial score (nSPS) is 12.2. The predicted octanol–water partition coefficient (Wildman–Crippen LogP) is 5.27. The molecule has 356 valence electrons. The van der Waals surface area contributed by atoms with Crippen LogP contribution in [0, 0.1) is 0 Å². The lowest BCUT2D eigenvalue weighted by Gasteiger charge is -2.30. The van der Waals surface area contributed by atoms with Crippen molar-refractivity contribution < 1.29 is 62.6 Å². The van der Waals surface area contributed by atoms with Crippen molar-refractivity contribution in [1.82, 2.24) is 0 Å². The molecule has 0 fully saturated rings. The highest BCUT2D eigenvalue weighted by molar-refractivity contribution is 6.56. The fraction of sp³-hybridized carbons (Fsp3) is 1.00. The summed E-state index contributed by atoms with van der Waals surface area (Å²) in [6, 6.07) is 0.321. The maximum absolute atomic E-state index is 9.08. The van der Waals surface area contributed by atoms with Gasteiger partial charge in [-0.3, -0.25) is 0 Å². The highest BCUT2D eigenvalue weighted by atomic mass is 35.5. The largest absolute Gasteiger partial charge is 1.00 e. The summed E-state index contributed by atoms with van der Waals surface area (Å²) in [7, 11) is 1.09. The molecule has 0 heterocycles. The van der Waals surface area contributed by atoms with E-state index in [0.29, 0.717) is 12.8 Å². The lowest BCUT2D eigenvalue weighted by molar-refractivity contribution is -0.890. The van der Waals surface area contributed by atoms with Crippen LogP contribution in [0.1, 0.15) is 232 Å². The van der Waals surface area contributed by atoms with Gasteiger partial charge >= 0.3 is 17.6 Å². The van der Waals surface area contributed by atoms with E-state index in [-0.39, 0.29) is 36.9 Å². The van der Waals surface area contributed by atoms with Gasteiger partial charge in [-0.1, -0.05) is 194 Å². The smallest absolute Gasteiger partial charge is 0.492 e. The number of hydrogen-bond acceptors (Lipinski definition) is 6. The number of unbranched alkanes of at least 4 members (excludes halogenated alkanes) is 30. The number of halogens is 2. The summed E-state index contributed by atoms with van der Waals surface area (Å²) < 4.78 is 1.81. The van der Waals surface area contributed by atoms with Crippen LogP contribution in [0.25, 0.3) is 0 Å². The van der Waals surface area contributed by atoms with Crippen LogP contribution < -0.4 is 24.8 Å². The van der Waals surface area contributed by atoms with Gasteiger partial charge in [-0.05, 0) is 25.7 Å². The highest BCUT2D eigenvalue weighted by Gasteiger charge is 2.28. The molecule has 0 spiro atoms. The molecule has 0 aliphatic rings. The van der Waals surface area contributed by atoms with Crippen LogP contribution in [0.15, 0.2) is 0 Å². The Bertz CT molecular complexity index is 741. The minimum absolute atomic E-state index is 0. The number of quaternary nitrogens is 2. The summed E-state index contributed by atoms with van der Waals surface area (Å²) in [5.41, 5.74) is 0. The van der Waals surface area contributed by atoms with Crippen LogP contribution in [-0.4, -0.2) is 110 Å². The van der Waals surface area contributed by atoms with Gasteiger partial charge in [0.15, 0.2) is 0 Å². The average molecular weight is 908 g/mol. The molecule has 0 saturated heterocycles. The maximum Gasteiger partial charge on any atom is 0.492 e. The molecule has 6 N–H and O–H groups in total. The van der Waals surface area contributed by atoms with Gasteiger partial charge < -0.3 is 62.6 Å². The van der Waals surface area contributed by atoms with Crippen molar-refractivity contribution >= 4 is 17.6 Å². The van der Waals surface area contributed by atoms with Crippen LogP contribution in [0.4, 0.5) is 0 Å². The average Bonchev–Trinajstić information content (AvgIpc) is 3.10. The fourth-order valence-electron chi connectivity index (χ4n) is 7.89. The molecule has 0 atom stereocenters. The Hall–Kier alpha value is 0.694. The van der Waals surface area contributed by atoms with Gasteiger partial charge in [0, 0.05) is 24.9 Å². The monoisotopic (exact) mass is 907 g/mol. The first kappa shape index (κ1) is 65.3. The van der Waals surface area contributed by atoms with Gasteiger partial charge in [-0.15, -0.1) is 0 Å². The van der Waals surface area contributed by atoms with E-state index in [1.807, 2.05) is 0 Å². The van der Waals surface area contributed by atoms with E-state index in [1.54, 1.807) is 0 Å². The van der Waals surface area contributed by atoms with E-state index in [0.717, 1.165) is 35.1 Å². The van der Waals surface area contributed by atoms with E-state index in [2.05, 4.69) is 42.0 Å². The van der Waals surface area contributed by atoms with E-state index in [4.69, 9.17) is 28.8 Å². The Morgan fingerprint density at radius 2 is 0.414 bits per heavy atom. The third-order valence-electron chi connectivity index (χ3n) is 11.8. The van der Waals surface area contributed by atoms with Gasteiger partial charge in [-0.2, -0.15) is 0 Å². The SMILES string of the molecule is CCCCCCCCCCCCCCCCCC[N+](C)(C)CCC[Si](O)(O)O.CCCCCCCCCCCCCCCCCC[N+](C)(C)CCC[Si](O)(O)O.[Cl-].[Cl-]. The first-order chi connectivity index (χ1) is 26.5. The second-order valence-electron chi connectivity index (χ2n) is 19.1. The molecule has 0 aromatic rings. The summed E-state index contributed by atoms with van der Waals surface area (Å²) in [6.07, 6.45) is 46.0. The van der Waals surface area contributed by atoms with Crippen molar-refractivity contribution in [2.45, 2.75) is 244 Å². The maximum atomic E-state index is 9.08. The van der Waals surface area contributed by atoms with Gasteiger partial charge in [-0.25, -0.2) is 0 Å². The molecule has 0 aliphatic heterocycles. The van der Waals surface area contributed by atoms with Crippen molar-refractivity contribution in [2.75, 3.05) is 54.4 Å². The lowest BCUT2D eigenvalue weighted by Crippen LogP contribution is -3.00. The number of nitrogens with zero attached hydrogens (tertiary/aromatic N) is 2. The van der Waals surface area contributed by atoms with Gasteiger partial charge in [0.05, 0.1) is 54.4 Å². The second kappa shape index (κ2) is 44.3. The molecule has 0 rings (SSSR count). The van der Waals surface area contributed by atoms with Crippen molar-refractivity contribution in [3.8, 4) is 0 Å². The first-order valence-electron chi connectivity index (χ1n) is 24.5. The first-order valence-corrected chi connectivity index (χ1v) is 28.6. The fourth-order valence-corrected chi connectivity index (χ4v) is 9.15. The summed E-state index contributed by atoms with van der Waals surface area (Å²) in [5, 5.41) is 0. The van der Waals surface area contributed by atoms with Crippen molar-refractivity contribution in [2.24, 2.45) is 0 Å². The molecule has 0 unspecified atom stereocenters. The molecule has 0 aromatic carbocycles. The van der Waals surface area contributed by atoms with Gasteiger partial charge in [0.2, 0.25) is 0 Å². The van der Waals surface area contributed by atoms with E-state index >= 15 is 0 Å². The van der Waals surface area contributed by atoms with Crippen molar-refractivity contribution in [3.05, 3.63) is 0 Å². The molecule has 12 heteroatoms. The summed E-state index contributed by atoms with van der Waals surface area (Å²) >= 11 is 0. The van der Waals surface area contributed by atoms with E-state index < -0.39 is 17.6 Å². The molecule has 8 nitrogen and oxygen atoms in total. The standard InChI is InChI=1S/2C23H52NO3Si.2ClH/c2*1-4-5-6-7-8-9-10-11-12-13-14-15-16-17-18-19-21-24(2,3)22-20-23-28(25,26)27;;/h2*25-27H,4-23H2,1-3H3;2*1H/q2*+1;;/p-2. The molecule has 0 bridgehead atoms. The molecule has 0 saturated carbocycles. The molecule has 0 amide bonds. The number of rotatable bonds is 42. The van der Waals surface area contributed by atoms with E-state index in [9.17, 15) is 0 Å². The third-order valence-corrected chi connectivity index (χ3v) is 13.8. The topological polar surface area (TPSA) is 121 Å². The van der Waals surface area contributed by atoms with Gasteiger partial charge in [0.1, 0.15) is 0 Å². The Kier molecular flexibility index (Phi) is 49.9. The van der Waals surface area contributed by atoms with Crippen molar-refractivity contribution in [3.63, 3.8) is 0 Å². The molecule has 58 heavy (non-hydrogen) atoms. The zero-order valence-electron chi connectivity index (χ0n) is 39.6. The van der Waals surface area contributed by atoms with Crippen LogP contribution in [0.3, 0.4) is 0 Å². The zero-order valence-corrected chi connectivity index (χ0v) is 43.1. The summed E-state index contributed by atoms with van der Waals surface area (Å²) in [4.78, 5) is 54.5. The zero-order chi connectivity index (χ0) is 42.3. The van der Waals surface area contributed by atoms with Crippen molar-refractivity contribution in [1.29, 1.82) is 0 Å². The molecule has 0 radical (unpaired) electrons. The predicted molar refractivity (Wildman–Crippen MR) is 246 cm³/mol. The Labute approximate surface area is 377 Å². The van der Waals surface area contributed by atoms with Gasteiger partial charge in [0.25, 0.3) is 0 Å². The molecular weight excluding hydrogens is 804 g/mol. The second-order valence-corrected chi connectivity index (χ2v) is 23.2. The Balaban J connectivity index is -0.000000486. The molecule has 0 aliphatic carbocycles. The summed E-state index contributed by atoms with van der Waals surface area (Å²) in [5.74, 6) is 0. The minimum Gasteiger partial charge on any atom is -1.00 e. The van der Waals surface area contributed by atoms with Crippen LogP contribution in [-0.2, 0) is 0 Å². The highest BCUT2D eigenvalue weighted by Crippen LogP contribution is 2.17. The quantitative estimate of drug-likeness (QED) is 0.0283. The van der Waals surface area contributed by atoms with Crippen LogP contribution in [0.2, 0.25) is 12.1 Å². The summed E-state index contributed by atoms with van der Waals surface area (Å²) in [6.45, 7) is 8.63. The molecular formula is C46H104Cl2N2O6Si2. The van der Waals surface area contributed by atoms with Crippen LogP contribution in [0.5, 0.6) is 0 Å². The lowest BCUT2D eigenvalue weighted by atomic mass is 10.0. The van der Waals surface area contributed by atoms with E-state index in [1.165, 1.54) is 205 Å². The number of hydrogen-bond donors (Lipinski definition) is 6. The molecule has 0 aromatic heterocycles. The van der Waals surface area contributed by atoms with Crippen LogP contribution >= 0.6 is 0 Å². The third kappa shape index (κ3) is 58.8. The Morgan fingerprint density at radius 1 is 0.259 bits per heavy atom. The minimum atomic E-state index is -3.84.